The molecule has 0 saturated heterocycles. The van der Waals surface area contributed by atoms with Gasteiger partial charge in [0.05, 0.1) is 6.10 Å². The molecule has 0 bridgehead atoms. The average molecular weight is 222 g/mol. The molecule has 1 atom stereocenters. The smallest absolute Gasteiger partial charge is 0.0750 e. The molecule has 0 amide bonds. The number of allylic oxidation sites excluding steroid dienone is 2. The molecule has 16 heavy (non-hydrogen) atoms. The number of aliphatic hydroxyl groups excluding tert-OH is 1. The first kappa shape index (κ1) is 13.5. The van der Waals surface area contributed by atoms with Crippen molar-refractivity contribution in [3.8, 4) is 0 Å². The highest BCUT2D eigenvalue weighted by Gasteiger charge is 2.18. The van der Waals surface area contributed by atoms with Gasteiger partial charge in [-0.15, -0.1) is 0 Å². The second-order valence-corrected chi connectivity index (χ2v) is 5.96. The van der Waals surface area contributed by atoms with Gasteiger partial charge in [-0.25, -0.2) is 0 Å². The van der Waals surface area contributed by atoms with Gasteiger partial charge in [-0.05, 0) is 56.4 Å². The fourth-order valence-electron chi connectivity index (χ4n) is 2.16. The zero-order chi connectivity index (χ0) is 12.2. The van der Waals surface area contributed by atoms with E-state index in [0.717, 1.165) is 31.3 Å². The van der Waals surface area contributed by atoms with Crippen LogP contribution in [0.3, 0.4) is 0 Å². The van der Waals surface area contributed by atoms with E-state index in [0.29, 0.717) is 5.41 Å². The van der Waals surface area contributed by atoms with Crippen LogP contribution in [0.25, 0.3) is 0 Å². The van der Waals surface area contributed by atoms with Gasteiger partial charge >= 0.3 is 0 Å². The molecule has 1 unspecified atom stereocenters. The predicted octanol–water partition coefficient (Wildman–Crippen LogP) is 4.23. The van der Waals surface area contributed by atoms with Gasteiger partial charge in [0, 0.05) is 0 Å². The van der Waals surface area contributed by atoms with Gasteiger partial charge < -0.3 is 5.11 Å². The molecule has 1 N–H and O–H groups in total. The summed E-state index contributed by atoms with van der Waals surface area (Å²) in [5.74, 6) is 0. The Balaban J connectivity index is 2.69. The van der Waals surface area contributed by atoms with Crippen molar-refractivity contribution in [2.75, 3.05) is 0 Å². The summed E-state index contributed by atoms with van der Waals surface area (Å²) in [6, 6.07) is 0. The molecule has 0 fully saturated rings. The normalized spacial score (nSPS) is 28.1. The highest BCUT2D eigenvalue weighted by atomic mass is 16.3. The third-order valence-corrected chi connectivity index (χ3v) is 3.74. The van der Waals surface area contributed by atoms with Crippen LogP contribution in [0.5, 0.6) is 0 Å². The highest BCUT2D eigenvalue weighted by molar-refractivity contribution is 5.07. The van der Waals surface area contributed by atoms with Gasteiger partial charge in [0.15, 0.2) is 0 Å². The molecule has 0 aromatic rings. The second kappa shape index (κ2) is 5.67. The zero-order valence-electron chi connectivity index (χ0n) is 11.1. The predicted molar refractivity (Wildman–Crippen MR) is 70.4 cm³/mol. The summed E-state index contributed by atoms with van der Waals surface area (Å²) < 4.78 is 0. The Morgan fingerprint density at radius 2 is 2.00 bits per heavy atom. The van der Waals surface area contributed by atoms with E-state index in [-0.39, 0.29) is 6.10 Å². The van der Waals surface area contributed by atoms with Crippen LogP contribution in [0.15, 0.2) is 23.8 Å². The first-order valence-electron chi connectivity index (χ1n) is 6.42. The van der Waals surface area contributed by atoms with Gasteiger partial charge in [0.1, 0.15) is 0 Å². The Bertz CT molecular complexity index is 273. The molecular formula is C15H26O. The van der Waals surface area contributed by atoms with Crippen molar-refractivity contribution in [3.63, 3.8) is 0 Å². The van der Waals surface area contributed by atoms with Crippen LogP contribution in [0.1, 0.15) is 59.3 Å². The maximum Gasteiger partial charge on any atom is 0.0750 e. The third kappa shape index (κ3) is 4.52. The lowest BCUT2D eigenvalue weighted by atomic mass is 9.82. The molecule has 0 saturated carbocycles. The maximum absolute atomic E-state index is 9.93. The first-order valence-corrected chi connectivity index (χ1v) is 6.42. The van der Waals surface area contributed by atoms with E-state index in [9.17, 15) is 5.11 Å². The van der Waals surface area contributed by atoms with Crippen LogP contribution in [0.2, 0.25) is 0 Å². The Labute approximate surface area is 100 Å². The van der Waals surface area contributed by atoms with E-state index in [1.165, 1.54) is 18.4 Å². The van der Waals surface area contributed by atoms with Crippen molar-refractivity contribution >= 4 is 0 Å². The van der Waals surface area contributed by atoms with E-state index in [4.69, 9.17) is 0 Å². The first-order chi connectivity index (χ1) is 7.41. The van der Waals surface area contributed by atoms with Gasteiger partial charge in [0.25, 0.3) is 0 Å². The van der Waals surface area contributed by atoms with Gasteiger partial charge in [-0.2, -0.15) is 0 Å². The summed E-state index contributed by atoms with van der Waals surface area (Å²) >= 11 is 0. The van der Waals surface area contributed by atoms with Crippen LogP contribution < -0.4 is 0 Å². The molecule has 0 heterocycles. The van der Waals surface area contributed by atoms with Crippen LogP contribution in [0, 0.1) is 5.41 Å². The number of hydrogen-bond donors (Lipinski definition) is 1. The summed E-state index contributed by atoms with van der Waals surface area (Å²) in [6.45, 7) is 10.8. The zero-order valence-corrected chi connectivity index (χ0v) is 11.1. The minimum absolute atomic E-state index is 0.266. The van der Waals surface area contributed by atoms with E-state index in [1.807, 2.05) is 6.92 Å². The standard InChI is InChI=1S/C15H26O/c1-12-7-8-14(16)13(2)6-5-10-15(3,4)11-9-12/h6,14,16H,1,5,7-11H2,2-4H3. The molecule has 0 aliphatic heterocycles. The molecule has 92 valence electrons. The minimum atomic E-state index is -0.266. The fourth-order valence-corrected chi connectivity index (χ4v) is 2.16. The number of hydrogen-bond acceptors (Lipinski definition) is 1. The van der Waals surface area contributed by atoms with Crippen molar-refractivity contribution in [2.24, 2.45) is 5.41 Å². The van der Waals surface area contributed by atoms with E-state index < -0.39 is 0 Å². The summed E-state index contributed by atoms with van der Waals surface area (Å²) in [5, 5.41) is 9.93. The van der Waals surface area contributed by atoms with Crippen molar-refractivity contribution in [1.29, 1.82) is 0 Å². The van der Waals surface area contributed by atoms with Crippen molar-refractivity contribution in [2.45, 2.75) is 65.4 Å². The third-order valence-electron chi connectivity index (χ3n) is 3.74. The van der Waals surface area contributed by atoms with Crippen molar-refractivity contribution in [3.05, 3.63) is 23.8 Å². The van der Waals surface area contributed by atoms with E-state index in [2.05, 4.69) is 26.5 Å². The fraction of sp³-hybridized carbons (Fsp3) is 0.733. The SMILES string of the molecule is C=C1CCC(O)C(C)=CCCC(C)(C)CC1. The molecule has 0 radical (unpaired) electrons. The quantitative estimate of drug-likeness (QED) is 0.608. The molecule has 1 rings (SSSR count). The van der Waals surface area contributed by atoms with Crippen molar-refractivity contribution < 1.29 is 5.11 Å². The lowest BCUT2D eigenvalue weighted by Gasteiger charge is -2.24. The Morgan fingerprint density at radius 1 is 1.31 bits per heavy atom. The van der Waals surface area contributed by atoms with E-state index >= 15 is 0 Å². The number of rotatable bonds is 0. The van der Waals surface area contributed by atoms with Gasteiger partial charge in [-0.3, -0.25) is 0 Å². The van der Waals surface area contributed by atoms with Crippen molar-refractivity contribution in [1.82, 2.24) is 0 Å². The second-order valence-electron chi connectivity index (χ2n) is 5.96. The Kier molecular flexibility index (Phi) is 4.79. The molecule has 0 spiro atoms. The monoisotopic (exact) mass is 222 g/mol. The van der Waals surface area contributed by atoms with E-state index in [1.54, 1.807) is 0 Å². The average Bonchev–Trinajstić information content (AvgIpc) is 2.23. The van der Waals surface area contributed by atoms with Crippen LogP contribution in [0.4, 0.5) is 0 Å². The molecular weight excluding hydrogens is 196 g/mol. The van der Waals surface area contributed by atoms with Crippen LogP contribution in [-0.2, 0) is 0 Å². The topological polar surface area (TPSA) is 20.2 Å². The molecule has 0 aromatic carbocycles. The summed E-state index contributed by atoms with van der Waals surface area (Å²) in [6.07, 6.45) is 8.35. The summed E-state index contributed by atoms with van der Waals surface area (Å²) in [5.41, 5.74) is 2.82. The van der Waals surface area contributed by atoms with Crippen LogP contribution >= 0.6 is 0 Å². The lowest BCUT2D eigenvalue weighted by molar-refractivity contribution is 0.200. The van der Waals surface area contributed by atoms with Crippen LogP contribution in [-0.4, -0.2) is 11.2 Å². The molecule has 1 nitrogen and oxygen atoms in total. The number of aliphatic hydroxyl groups is 1. The largest absolute Gasteiger partial charge is 0.389 e. The summed E-state index contributed by atoms with van der Waals surface area (Å²) in [4.78, 5) is 0. The molecule has 1 aliphatic rings. The Morgan fingerprint density at radius 3 is 2.69 bits per heavy atom. The highest BCUT2D eigenvalue weighted by Crippen LogP contribution is 2.32. The van der Waals surface area contributed by atoms with Gasteiger partial charge in [-0.1, -0.05) is 32.1 Å². The lowest BCUT2D eigenvalue weighted by Crippen LogP contribution is -2.10. The molecule has 1 heteroatoms. The minimum Gasteiger partial charge on any atom is -0.389 e. The maximum atomic E-state index is 9.93. The Hall–Kier alpha value is -0.560. The molecule has 1 aliphatic carbocycles. The molecule has 0 aromatic heterocycles. The summed E-state index contributed by atoms with van der Waals surface area (Å²) in [7, 11) is 0. The van der Waals surface area contributed by atoms with Gasteiger partial charge in [0.2, 0.25) is 0 Å².